The second kappa shape index (κ2) is 12.7. The summed E-state index contributed by atoms with van der Waals surface area (Å²) in [4.78, 5) is 52.2. The van der Waals surface area contributed by atoms with Crippen LogP contribution in [0.2, 0.25) is 0 Å². The molecular weight excluding hydrogens is 450 g/mol. The lowest BCUT2D eigenvalue weighted by Crippen LogP contribution is -2.54. The fourth-order valence-electron chi connectivity index (χ4n) is 4.06. The lowest BCUT2D eigenvalue weighted by Gasteiger charge is -2.34. The molecule has 35 heavy (non-hydrogen) atoms. The molecule has 2 atom stereocenters. The number of carbonyl (C=O) groups is 4. The molecule has 10 heteroatoms. The van der Waals surface area contributed by atoms with E-state index in [1.807, 2.05) is 6.07 Å². The number of nitriles is 1. The van der Waals surface area contributed by atoms with Gasteiger partial charge < -0.3 is 26.0 Å². The first-order chi connectivity index (χ1) is 16.5. The zero-order chi connectivity index (χ0) is 26.0. The number of hydrogen-bond acceptors (Lipinski definition) is 6. The second-order valence-corrected chi connectivity index (χ2v) is 9.65. The van der Waals surface area contributed by atoms with Crippen molar-refractivity contribution in [1.29, 1.82) is 5.26 Å². The second-order valence-electron chi connectivity index (χ2n) is 9.65. The van der Waals surface area contributed by atoms with Crippen LogP contribution in [0.15, 0.2) is 30.3 Å². The van der Waals surface area contributed by atoms with E-state index >= 15 is 0 Å². The molecule has 10 nitrogen and oxygen atoms in total. The SMILES string of the molecule is CC(C)(C)OC(=O)NC(CC(N)=O)C(=O)N(CC#N)C(C(=O)NC1CCCCC1)c1ccccc1. The fourth-order valence-corrected chi connectivity index (χ4v) is 4.06. The highest BCUT2D eigenvalue weighted by Gasteiger charge is 2.37. The summed E-state index contributed by atoms with van der Waals surface area (Å²) in [6.45, 7) is 4.52. The molecule has 2 rings (SSSR count). The Kier molecular flexibility index (Phi) is 10.1. The molecule has 0 radical (unpaired) electrons. The smallest absolute Gasteiger partial charge is 0.408 e. The molecule has 1 saturated carbocycles. The third-order valence-electron chi connectivity index (χ3n) is 5.55. The largest absolute Gasteiger partial charge is 0.444 e. The van der Waals surface area contributed by atoms with Gasteiger partial charge in [-0.2, -0.15) is 5.26 Å². The predicted octanol–water partition coefficient (Wildman–Crippen LogP) is 2.30. The molecule has 0 aliphatic heterocycles. The highest BCUT2D eigenvalue weighted by molar-refractivity contribution is 5.94. The number of nitrogens with two attached hydrogens (primary N) is 1. The van der Waals surface area contributed by atoms with Gasteiger partial charge in [0.2, 0.25) is 17.7 Å². The van der Waals surface area contributed by atoms with Crippen LogP contribution in [-0.4, -0.2) is 52.9 Å². The Balaban J connectivity index is 2.38. The molecule has 0 heterocycles. The molecule has 0 aromatic heterocycles. The number of nitrogens with zero attached hydrogens (tertiary/aromatic N) is 2. The molecule has 190 valence electrons. The summed E-state index contributed by atoms with van der Waals surface area (Å²) in [5.41, 5.74) is 4.99. The zero-order valence-corrected chi connectivity index (χ0v) is 20.6. The standard InChI is InChI=1S/C25H35N5O5/c1-25(2,3)35-24(34)29-19(16-20(27)31)23(33)30(15-14-26)21(17-10-6-4-7-11-17)22(32)28-18-12-8-5-9-13-18/h4,6-7,10-11,18-19,21H,5,8-9,12-13,15-16H2,1-3H3,(H2,27,31)(H,28,32)(H,29,34). The number of amides is 4. The van der Waals surface area contributed by atoms with E-state index in [0.717, 1.165) is 37.0 Å². The van der Waals surface area contributed by atoms with Gasteiger partial charge in [0.15, 0.2) is 0 Å². The molecule has 1 fully saturated rings. The van der Waals surface area contributed by atoms with Crippen LogP contribution < -0.4 is 16.4 Å². The summed E-state index contributed by atoms with van der Waals surface area (Å²) in [5, 5.41) is 14.9. The molecule has 4 amide bonds. The number of rotatable bonds is 9. The van der Waals surface area contributed by atoms with Crippen LogP contribution in [0.4, 0.5) is 4.79 Å². The maximum atomic E-state index is 13.6. The van der Waals surface area contributed by atoms with Crippen LogP contribution >= 0.6 is 0 Å². The van der Waals surface area contributed by atoms with Gasteiger partial charge in [-0.1, -0.05) is 49.6 Å². The molecule has 0 bridgehead atoms. The topological polar surface area (TPSA) is 155 Å². The summed E-state index contributed by atoms with van der Waals surface area (Å²) in [6.07, 6.45) is 3.35. The molecular formula is C25H35N5O5. The lowest BCUT2D eigenvalue weighted by atomic mass is 9.94. The van der Waals surface area contributed by atoms with E-state index in [2.05, 4.69) is 10.6 Å². The highest BCUT2D eigenvalue weighted by Crippen LogP contribution is 2.25. The third kappa shape index (κ3) is 8.92. The van der Waals surface area contributed by atoms with Crippen molar-refractivity contribution >= 4 is 23.8 Å². The summed E-state index contributed by atoms with van der Waals surface area (Å²) in [6, 6.07) is 7.95. The third-order valence-corrected chi connectivity index (χ3v) is 5.55. The van der Waals surface area contributed by atoms with Crippen molar-refractivity contribution in [2.45, 2.75) is 83.0 Å². The maximum absolute atomic E-state index is 13.6. The van der Waals surface area contributed by atoms with Gasteiger partial charge in [0.1, 0.15) is 24.2 Å². The van der Waals surface area contributed by atoms with E-state index in [-0.39, 0.29) is 6.04 Å². The summed E-state index contributed by atoms with van der Waals surface area (Å²) in [7, 11) is 0. The normalized spacial score (nSPS) is 15.7. The number of ether oxygens (including phenoxy) is 1. The van der Waals surface area contributed by atoms with Gasteiger partial charge in [-0.3, -0.25) is 14.4 Å². The van der Waals surface area contributed by atoms with Crippen molar-refractivity contribution in [3.8, 4) is 6.07 Å². The van der Waals surface area contributed by atoms with E-state index in [1.165, 1.54) is 0 Å². The summed E-state index contributed by atoms with van der Waals surface area (Å²) >= 11 is 0. The van der Waals surface area contributed by atoms with E-state index in [9.17, 15) is 24.4 Å². The number of nitrogens with one attached hydrogen (secondary N) is 2. The monoisotopic (exact) mass is 485 g/mol. The van der Waals surface area contributed by atoms with Crippen molar-refractivity contribution in [3.63, 3.8) is 0 Å². The first-order valence-corrected chi connectivity index (χ1v) is 11.8. The van der Waals surface area contributed by atoms with E-state index in [1.54, 1.807) is 51.1 Å². The molecule has 2 unspecified atom stereocenters. The number of primary amides is 1. The van der Waals surface area contributed by atoms with Crippen molar-refractivity contribution in [2.75, 3.05) is 6.54 Å². The number of hydrogen-bond donors (Lipinski definition) is 3. The molecule has 1 aliphatic carbocycles. The molecule has 1 aliphatic rings. The lowest BCUT2D eigenvalue weighted by molar-refractivity contribution is -0.143. The molecule has 0 spiro atoms. The molecule has 4 N–H and O–H groups in total. The zero-order valence-electron chi connectivity index (χ0n) is 20.6. The number of carbonyl (C=O) groups excluding carboxylic acids is 4. The van der Waals surface area contributed by atoms with Gasteiger partial charge in [0.05, 0.1) is 12.5 Å². The van der Waals surface area contributed by atoms with E-state index in [0.29, 0.717) is 5.56 Å². The predicted molar refractivity (Wildman–Crippen MR) is 128 cm³/mol. The van der Waals surface area contributed by atoms with Crippen molar-refractivity contribution in [1.82, 2.24) is 15.5 Å². The van der Waals surface area contributed by atoms with Crippen LogP contribution in [0.5, 0.6) is 0 Å². The number of alkyl carbamates (subject to hydrolysis) is 1. The van der Waals surface area contributed by atoms with Gasteiger partial charge in [0, 0.05) is 6.04 Å². The minimum absolute atomic E-state index is 0.0252. The first-order valence-electron chi connectivity index (χ1n) is 11.8. The first kappa shape index (κ1) is 27.6. The van der Waals surface area contributed by atoms with Gasteiger partial charge in [-0.15, -0.1) is 0 Å². The van der Waals surface area contributed by atoms with Crippen LogP contribution in [0.3, 0.4) is 0 Å². The van der Waals surface area contributed by atoms with Crippen molar-refractivity contribution in [3.05, 3.63) is 35.9 Å². The quantitative estimate of drug-likeness (QED) is 0.456. The maximum Gasteiger partial charge on any atom is 0.408 e. The van der Waals surface area contributed by atoms with Crippen LogP contribution in [0, 0.1) is 11.3 Å². The van der Waals surface area contributed by atoms with Crippen LogP contribution in [-0.2, 0) is 19.1 Å². The molecule has 1 aromatic carbocycles. The van der Waals surface area contributed by atoms with Crippen molar-refractivity contribution in [2.24, 2.45) is 5.73 Å². The Morgan fingerprint density at radius 1 is 1.14 bits per heavy atom. The Hall–Kier alpha value is -3.61. The van der Waals surface area contributed by atoms with E-state index < -0.39 is 54.5 Å². The summed E-state index contributed by atoms with van der Waals surface area (Å²) < 4.78 is 5.22. The highest BCUT2D eigenvalue weighted by atomic mass is 16.6. The Bertz CT molecular complexity index is 932. The minimum Gasteiger partial charge on any atom is -0.444 e. The Morgan fingerprint density at radius 3 is 2.31 bits per heavy atom. The van der Waals surface area contributed by atoms with E-state index in [4.69, 9.17) is 10.5 Å². The average Bonchev–Trinajstić information content (AvgIpc) is 2.77. The fraction of sp³-hybridized carbons (Fsp3) is 0.560. The molecule has 0 saturated heterocycles. The van der Waals surface area contributed by atoms with Crippen LogP contribution in [0.1, 0.15) is 70.9 Å². The molecule has 1 aromatic rings. The van der Waals surface area contributed by atoms with Gasteiger partial charge in [0.25, 0.3) is 0 Å². The number of benzene rings is 1. The van der Waals surface area contributed by atoms with Crippen LogP contribution in [0.25, 0.3) is 0 Å². The van der Waals surface area contributed by atoms with Gasteiger partial charge in [-0.25, -0.2) is 4.79 Å². The van der Waals surface area contributed by atoms with Gasteiger partial charge in [-0.05, 0) is 39.2 Å². The average molecular weight is 486 g/mol. The Labute approximate surface area is 206 Å². The van der Waals surface area contributed by atoms with Crippen molar-refractivity contribution < 1.29 is 23.9 Å². The summed E-state index contributed by atoms with van der Waals surface area (Å²) in [5.74, 6) is -2.05. The minimum atomic E-state index is -1.41. The Morgan fingerprint density at radius 2 is 1.77 bits per heavy atom. The van der Waals surface area contributed by atoms with Gasteiger partial charge >= 0.3 is 6.09 Å².